The molecule has 166 valence electrons. The number of nitrogens with zero attached hydrogens (tertiary/aromatic N) is 2. The minimum atomic E-state index is -3.48. The molecular formula is C20H19N5O6S. The Kier molecular flexibility index (Phi) is 5.22. The Hall–Kier alpha value is -4.06. The van der Waals surface area contributed by atoms with Crippen molar-refractivity contribution in [2.75, 3.05) is 21.2 Å². The highest BCUT2D eigenvalue weighted by molar-refractivity contribution is 7.92. The SMILES string of the molecule is CS(=O)(=O)Nc1ccc(C(C(N)=O)N2c3c(C(=O)O)ccnc3NC2c2ccco2)cc1. The van der Waals surface area contributed by atoms with Gasteiger partial charge in [0.05, 0.1) is 23.8 Å². The number of nitrogens with one attached hydrogen (secondary N) is 2. The van der Waals surface area contributed by atoms with Gasteiger partial charge < -0.3 is 25.5 Å². The average molecular weight is 457 g/mol. The zero-order valence-corrected chi connectivity index (χ0v) is 17.5. The van der Waals surface area contributed by atoms with E-state index in [0.29, 0.717) is 17.0 Å². The molecule has 5 N–H and O–H groups in total. The molecule has 0 saturated carbocycles. The van der Waals surface area contributed by atoms with Crippen LogP contribution in [0.3, 0.4) is 0 Å². The molecule has 0 spiro atoms. The second kappa shape index (κ2) is 7.89. The van der Waals surface area contributed by atoms with Crippen LogP contribution < -0.4 is 20.7 Å². The van der Waals surface area contributed by atoms with E-state index in [4.69, 9.17) is 10.2 Å². The van der Waals surface area contributed by atoms with E-state index in [1.807, 2.05) is 0 Å². The van der Waals surface area contributed by atoms with Gasteiger partial charge in [0.1, 0.15) is 11.8 Å². The van der Waals surface area contributed by atoms with Crippen LogP contribution in [0.25, 0.3) is 0 Å². The van der Waals surface area contributed by atoms with Crippen LogP contribution in [-0.4, -0.2) is 36.6 Å². The van der Waals surface area contributed by atoms with E-state index in [2.05, 4.69) is 15.0 Å². The predicted molar refractivity (Wildman–Crippen MR) is 116 cm³/mol. The molecular weight excluding hydrogens is 438 g/mol. The van der Waals surface area contributed by atoms with Crippen LogP contribution in [0.2, 0.25) is 0 Å². The molecule has 1 aliphatic rings. The third-order valence-corrected chi connectivity index (χ3v) is 5.46. The van der Waals surface area contributed by atoms with Crippen LogP contribution >= 0.6 is 0 Å². The minimum absolute atomic E-state index is 0.0711. The third kappa shape index (κ3) is 3.95. The Morgan fingerprint density at radius 3 is 2.53 bits per heavy atom. The smallest absolute Gasteiger partial charge is 0.338 e. The maximum Gasteiger partial charge on any atom is 0.338 e. The summed E-state index contributed by atoms with van der Waals surface area (Å²) in [6.07, 6.45) is 3.06. The van der Waals surface area contributed by atoms with Crippen LogP contribution in [0, 0.1) is 0 Å². The summed E-state index contributed by atoms with van der Waals surface area (Å²) in [7, 11) is -3.48. The molecule has 1 amide bonds. The normalized spacial score (nSPS) is 16.2. The third-order valence-electron chi connectivity index (χ3n) is 4.85. The number of nitrogens with two attached hydrogens (primary N) is 1. The monoisotopic (exact) mass is 457 g/mol. The van der Waals surface area contributed by atoms with E-state index >= 15 is 0 Å². The predicted octanol–water partition coefficient (Wildman–Crippen LogP) is 1.90. The molecule has 1 aromatic carbocycles. The zero-order chi connectivity index (χ0) is 23.0. The fourth-order valence-corrected chi connectivity index (χ4v) is 4.23. The largest absolute Gasteiger partial charge is 0.478 e. The number of furan rings is 1. The van der Waals surface area contributed by atoms with Crippen LogP contribution in [-0.2, 0) is 14.8 Å². The maximum atomic E-state index is 12.6. The molecule has 4 rings (SSSR count). The van der Waals surface area contributed by atoms with Crippen LogP contribution in [0.4, 0.5) is 17.2 Å². The van der Waals surface area contributed by atoms with Gasteiger partial charge in [0, 0.05) is 11.9 Å². The number of carboxylic acid groups (broad SMARTS) is 1. The first kappa shape index (κ1) is 21.2. The maximum absolute atomic E-state index is 12.6. The summed E-state index contributed by atoms with van der Waals surface area (Å²) in [5.74, 6) is -1.28. The van der Waals surface area contributed by atoms with E-state index in [0.717, 1.165) is 6.26 Å². The van der Waals surface area contributed by atoms with E-state index in [-0.39, 0.29) is 17.1 Å². The number of primary amides is 1. The molecule has 11 nitrogen and oxygen atoms in total. The van der Waals surface area contributed by atoms with Crippen molar-refractivity contribution in [3.8, 4) is 0 Å². The Morgan fingerprint density at radius 1 is 1.25 bits per heavy atom. The second-order valence-electron chi connectivity index (χ2n) is 7.13. The quantitative estimate of drug-likeness (QED) is 0.414. The molecule has 2 aromatic heterocycles. The molecule has 3 aromatic rings. The van der Waals surface area contributed by atoms with Gasteiger partial charge in [-0.25, -0.2) is 18.2 Å². The fourth-order valence-electron chi connectivity index (χ4n) is 3.66. The summed E-state index contributed by atoms with van der Waals surface area (Å²) in [4.78, 5) is 30.3. The summed E-state index contributed by atoms with van der Waals surface area (Å²) in [5.41, 5.74) is 6.60. The highest BCUT2D eigenvalue weighted by Gasteiger charge is 2.42. The van der Waals surface area contributed by atoms with Crippen molar-refractivity contribution in [2.24, 2.45) is 5.73 Å². The molecule has 12 heteroatoms. The van der Waals surface area contributed by atoms with Crippen molar-refractivity contribution < 1.29 is 27.5 Å². The van der Waals surface area contributed by atoms with Crippen molar-refractivity contribution in [3.05, 3.63) is 71.8 Å². The molecule has 0 aliphatic carbocycles. The molecule has 0 bridgehead atoms. The highest BCUT2D eigenvalue weighted by atomic mass is 32.2. The minimum Gasteiger partial charge on any atom is -0.478 e. The van der Waals surface area contributed by atoms with Crippen molar-refractivity contribution in [2.45, 2.75) is 12.2 Å². The summed E-state index contributed by atoms with van der Waals surface area (Å²) >= 11 is 0. The average Bonchev–Trinajstić information content (AvgIpc) is 3.36. The van der Waals surface area contributed by atoms with Gasteiger partial charge in [0.15, 0.2) is 12.0 Å². The van der Waals surface area contributed by atoms with Crippen molar-refractivity contribution in [1.82, 2.24) is 4.98 Å². The summed E-state index contributed by atoms with van der Waals surface area (Å²) < 4.78 is 30.8. The van der Waals surface area contributed by atoms with Gasteiger partial charge in [-0.05, 0) is 35.9 Å². The number of benzene rings is 1. The number of carboxylic acids is 1. The summed E-state index contributed by atoms with van der Waals surface area (Å²) in [6.45, 7) is 0. The zero-order valence-electron chi connectivity index (χ0n) is 16.7. The molecule has 2 atom stereocenters. The van der Waals surface area contributed by atoms with Gasteiger partial charge in [0.25, 0.3) is 0 Å². The Bertz CT molecular complexity index is 1270. The van der Waals surface area contributed by atoms with E-state index in [1.54, 1.807) is 12.1 Å². The van der Waals surface area contributed by atoms with Gasteiger partial charge in [-0.1, -0.05) is 12.1 Å². The molecule has 0 radical (unpaired) electrons. The fraction of sp³-hybridized carbons (Fsp3) is 0.150. The lowest BCUT2D eigenvalue weighted by Crippen LogP contribution is -2.40. The topological polar surface area (TPSA) is 168 Å². The number of aromatic carboxylic acids is 1. The van der Waals surface area contributed by atoms with Gasteiger partial charge in [-0.2, -0.15) is 0 Å². The first-order valence-corrected chi connectivity index (χ1v) is 11.2. The molecule has 1 aliphatic heterocycles. The highest BCUT2D eigenvalue weighted by Crippen LogP contribution is 2.47. The van der Waals surface area contributed by atoms with Gasteiger partial charge in [0.2, 0.25) is 15.9 Å². The number of pyridine rings is 1. The molecule has 0 fully saturated rings. The van der Waals surface area contributed by atoms with Crippen LogP contribution in [0.1, 0.15) is 33.9 Å². The molecule has 32 heavy (non-hydrogen) atoms. The van der Waals surface area contributed by atoms with Gasteiger partial charge in [-0.3, -0.25) is 9.52 Å². The van der Waals surface area contributed by atoms with E-state index in [1.165, 1.54) is 47.7 Å². The Balaban J connectivity index is 1.84. The number of hydrogen-bond acceptors (Lipinski definition) is 8. The number of sulfonamides is 1. The molecule has 2 unspecified atom stereocenters. The van der Waals surface area contributed by atoms with Gasteiger partial charge >= 0.3 is 5.97 Å². The number of aromatic nitrogens is 1. The number of fused-ring (bicyclic) bond motifs is 1. The number of amides is 1. The standard InChI is InChI=1S/C20H19N5O6S/c1-32(29,30)24-12-6-4-11(5-7-12)15(17(21)26)25-16-13(20(27)28)8-9-22-18(16)23-19(25)14-3-2-10-31-14/h2-10,15,19,24H,1H3,(H2,21,26)(H,22,23)(H,27,28). The molecule has 3 heterocycles. The Labute approximate surface area is 182 Å². The van der Waals surface area contributed by atoms with E-state index < -0.39 is 34.1 Å². The summed E-state index contributed by atoms with van der Waals surface area (Å²) in [5, 5.41) is 12.8. The van der Waals surface area contributed by atoms with Crippen molar-refractivity contribution >= 4 is 39.1 Å². The number of rotatable bonds is 7. The van der Waals surface area contributed by atoms with Crippen molar-refractivity contribution in [3.63, 3.8) is 0 Å². The number of carbonyl (C=O) groups excluding carboxylic acids is 1. The number of carbonyl (C=O) groups is 2. The van der Waals surface area contributed by atoms with Crippen LogP contribution in [0.15, 0.2) is 59.3 Å². The van der Waals surface area contributed by atoms with Gasteiger partial charge in [-0.15, -0.1) is 0 Å². The first-order chi connectivity index (χ1) is 15.2. The lowest BCUT2D eigenvalue weighted by Gasteiger charge is -2.32. The second-order valence-corrected chi connectivity index (χ2v) is 8.88. The lowest BCUT2D eigenvalue weighted by atomic mass is 10.0. The summed E-state index contributed by atoms with van der Waals surface area (Å²) in [6, 6.07) is 9.60. The number of hydrogen-bond donors (Lipinski definition) is 4. The van der Waals surface area contributed by atoms with Crippen molar-refractivity contribution in [1.29, 1.82) is 0 Å². The van der Waals surface area contributed by atoms with E-state index in [9.17, 15) is 23.1 Å². The lowest BCUT2D eigenvalue weighted by molar-refractivity contribution is -0.119. The molecule has 0 saturated heterocycles. The first-order valence-electron chi connectivity index (χ1n) is 9.33. The number of anilines is 3. The Morgan fingerprint density at radius 2 is 1.97 bits per heavy atom. The van der Waals surface area contributed by atoms with Crippen LogP contribution in [0.5, 0.6) is 0 Å².